The molecule has 4 unspecified atom stereocenters. The van der Waals surface area contributed by atoms with Crippen LogP contribution < -0.4 is 0 Å². The molecule has 2 bridgehead atoms. The molecule has 0 aromatic rings. The van der Waals surface area contributed by atoms with Gasteiger partial charge in [-0.05, 0) is 6.92 Å². The molecule has 27 heavy (non-hydrogen) atoms. The summed E-state index contributed by atoms with van der Waals surface area (Å²) in [6, 6.07) is 0. The average Bonchev–Trinajstić information content (AvgIpc) is 2.90. The molecule has 0 spiro atoms. The van der Waals surface area contributed by atoms with Crippen molar-refractivity contribution in [2.75, 3.05) is 20.3 Å². The van der Waals surface area contributed by atoms with Gasteiger partial charge in [-0.1, -0.05) is 0 Å². The molecule has 0 radical (unpaired) electrons. The van der Waals surface area contributed by atoms with Gasteiger partial charge in [-0.3, -0.25) is 4.55 Å². The van der Waals surface area contributed by atoms with Gasteiger partial charge in [0.1, 0.15) is 48.8 Å². The third kappa shape index (κ3) is 4.28. The highest BCUT2D eigenvalue weighted by atomic mass is 32.3. The van der Waals surface area contributed by atoms with E-state index in [0.717, 1.165) is 0 Å². The van der Waals surface area contributed by atoms with Crippen LogP contribution in [0.4, 0.5) is 0 Å². The van der Waals surface area contributed by atoms with E-state index in [0.29, 0.717) is 0 Å². The van der Waals surface area contributed by atoms with Crippen molar-refractivity contribution in [3.63, 3.8) is 0 Å². The topological polar surface area (TPSA) is 170 Å². The molecule has 3 aliphatic heterocycles. The van der Waals surface area contributed by atoms with Crippen LogP contribution in [0.1, 0.15) is 6.92 Å². The van der Waals surface area contributed by atoms with Crippen molar-refractivity contribution in [3.8, 4) is 0 Å². The first kappa shape index (κ1) is 21.3. The molecule has 3 aliphatic rings. The van der Waals surface area contributed by atoms with Gasteiger partial charge < -0.3 is 39.0 Å². The second-order valence-electron chi connectivity index (χ2n) is 6.67. The lowest BCUT2D eigenvalue weighted by Gasteiger charge is -2.45. The number of fused-ring (bicyclic) bond motifs is 2. The second-order valence-corrected chi connectivity index (χ2v) is 7.72. The van der Waals surface area contributed by atoms with Gasteiger partial charge in [-0.2, -0.15) is 8.42 Å². The van der Waals surface area contributed by atoms with Crippen LogP contribution >= 0.6 is 0 Å². The largest absolute Gasteiger partial charge is 0.397 e. The average molecular weight is 416 g/mol. The molecule has 3 rings (SSSR count). The maximum absolute atomic E-state index is 11.1. The van der Waals surface area contributed by atoms with Crippen molar-refractivity contribution < 1.29 is 56.2 Å². The predicted octanol–water partition coefficient (Wildman–Crippen LogP) is -2.80. The normalized spacial score (nSPS) is 47.9. The Hall–Kier alpha value is -0.450. The van der Waals surface area contributed by atoms with Gasteiger partial charge in [0.25, 0.3) is 0 Å². The molecule has 0 amide bonds. The molecule has 4 N–H and O–H groups in total. The van der Waals surface area contributed by atoms with Gasteiger partial charge in [0.15, 0.2) is 6.29 Å². The molecule has 3 fully saturated rings. The first-order valence-corrected chi connectivity index (χ1v) is 9.76. The minimum absolute atomic E-state index is 0.186. The van der Waals surface area contributed by atoms with E-state index in [4.69, 9.17) is 28.2 Å². The number of hydrogen-bond donors (Lipinski definition) is 4. The minimum atomic E-state index is -4.89. The lowest BCUT2D eigenvalue weighted by molar-refractivity contribution is -0.327. The predicted molar refractivity (Wildman–Crippen MR) is 83.9 cm³/mol. The Kier molecular flexibility index (Phi) is 6.39. The lowest BCUT2D eigenvalue weighted by atomic mass is 9.97. The summed E-state index contributed by atoms with van der Waals surface area (Å²) in [5, 5.41) is 30.2. The van der Waals surface area contributed by atoms with E-state index in [2.05, 4.69) is 4.18 Å². The van der Waals surface area contributed by atoms with Crippen molar-refractivity contribution in [3.05, 3.63) is 0 Å². The summed E-state index contributed by atoms with van der Waals surface area (Å²) in [6.07, 6.45) is -10.3. The minimum Gasteiger partial charge on any atom is -0.394 e. The molecular weight excluding hydrogens is 392 g/mol. The summed E-state index contributed by atoms with van der Waals surface area (Å²) in [6.45, 7) is 1.18. The quantitative estimate of drug-likeness (QED) is 0.328. The number of hydrogen-bond acceptors (Lipinski definition) is 11. The summed E-state index contributed by atoms with van der Waals surface area (Å²) >= 11 is 0. The molecule has 0 aromatic heterocycles. The molecule has 3 saturated heterocycles. The van der Waals surface area contributed by atoms with E-state index in [1.807, 2.05) is 0 Å². The zero-order chi connectivity index (χ0) is 19.9. The van der Waals surface area contributed by atoms with E-state index in [-0.39, 0.29) is 6.61 Å². The summed E-state index contributed by atoms with van der Waals surface area (Å²) in [5.74, 6) is 0. The third-order valence-electron chi connectivity index (χ3n) is 4.94. The fraction of sp³-hybridized carbons (Fsp3) is 1.00. The van der Waals surface area contributed by atoms with E-state index in [1.165, 1.54) is 7.11 Å². The number of rotatable bonds is 6. The van der Waals surface area contributed by atoms with E-state index in [9.17, 15) is 23.7 Å². The van der Waals surface area contributed by atoms with Gasteiger partial charge in [-0.15, -0.1) is 0 Å². The fourth-order valence-corrected chi connectivity index (χ4v) is 4.16. The number of methoxy groups -OCH3 is 1. The lowest BCUT2D eigenvalue weighted by Crippen LogP contribution is -2.63. The monoisotopic (exact) mass is 416 g/mol. The summed E-state index contributed by atoms with van der Waals surface area (Å²) < 4.78 is 62.9. The van der Waals surface area contributed by atoms with Crippen LogP contribution in [-0.4, -0.2) is 110 Å². The second kappa shape index (κ2) is 8.12. The maximum atomic E-state index is 11.1. The van der Waals surface area contributed by atoms with Crippen molar-refractivity contribution in [2.24, 2.45) is 0 Å². The first-order chi connectivity index (χ1) is 12.7. The first-order valence-electron chi connectivity index (χ1n) is 8.39. The molecule has 158 valence electrons. The number of aliphatic hydroxyl groups excluding tert-OH is 3. The molecular formula is C14H24O12S. The van der Waals surface area contributed by atoms with Crippen molar-refractivity contribution in [1.29, 1.82) is 0 Å². The molecule has 13 heteroatoms. The highest BCUT2D eigenvalue weighted by Gasteiger charge is 2.54. The molecule has 0 aromatic carbocycles. The van der Waals surface area contributed by atoms with Crippen LogP contribution in [0.15, 0.2) is 0 Å². The van der Waals surface area contributed by atoms with Crippen LogP contribution in [0, 0.1) is 0 Å². The standard InChI is InChI=1S/C14H24O12S/c1-5-8(16)13-10(7(23-5)4-22-13)25-14-9(17)12(21-2)11(6(3-15)24-14)26-27(18,19)20/h5-17H,3-4H2,1-2H3,(H,18,19,20)/t5-,6?,7+,8?,9?,10-,11+,12-,13?,14+/m1/s1. The van der Waals surface area contributed by atoms with Crippen molar-refractivity contribution >= 4 is 10.4 Å². The van der Waals surface area contributed by atoms with Crippen LogP contribution in [0.25, 0.3) is 0 Å². The molecule has 0 saturated carbocycles. The van der Waals surface area contributed by atoms with Crippen LogP contribution in [0.5, 0.6) is 0 Å². The van der Waals surface area contributed by atoms with Gasteiger partial charge in [0.05, 0.1) is 19.3 Å². The van der Waals surface area contributed by atoms with E-state index >= 15 is 0 Å². The summed E-state index contributed by atoms with van der Waals surface area (Å²) in [4.78, 5) is 0. The van der Waals surface area contributed by atoms with E-state index in [1.54, 1.807) is 6.92 Å². The van der Waals surface area contributed by atoms with E-state index < -0.39 is 78.2 Å². The van der Waals surface area contributed by atoms with Crippen LogP contribution in [-0.2, 0) is 38.3 Å². The Morgan fingerprint density at radius 2 is 1.81 bits per heavy atom. The number of ether oxygens (including phenoxy) is 5. The van der Waals surface area contributed by atoms with Crippen LogP contribution in [0.3, 0.4) is 0 Å². The maximum Gasteiger partial charge on any atom is 0.397 e. The van der Waals surface area contributed by atoms with Gasteiger partial charge >= 0.3 is 10.4 Å². The molecule has 10 atom stereocenters. The van der Waals surface area contributed by atoms with Crippen molar-refractivity contribution in [1.82, 2.24) is 0 Å². The molecule has 12 nitrogen and oxygen atoms in total. The zero-order valence-electron chi connectivity index (χ0n) is 14.7. The van der Waals surface area contributed by atoms with Crippen LogP contribution in [0.2, 0.25) is 0 Å². The fourth-order valence-electron chi connectivity index (χ4n) is 3.64. The Bertz CT molecular complexity index is 613. The van der Waals surface area contributed by atoms with Gasteiger partial charge in [0, 0.05) is 7.11 Å². The Balaban J connectivity index is 1.75. The highest BCUT2D eigenvalue weighted by Crippen LogP contribution is 2.35. The van der Waals surface area contributed by atoms with Gasteiger partial charge in [0.2, 0.25) is 0 Å². The highest BCUT2D eigenvalue weighted by molar-refractivity contribution is 7.80. The SMILES string of the molecule is CO[C@@H]1C(O)[C@H](O[C@H]2C3OC[C@@H]2O[C@H](C)C3O)OC(CO)[C@@H]1OS(=O)(=O)O. The summed E-state index contributed by atoms with van der Waals surface area (Å²) in [5.41, 5.74) is 0. The number of aliphatic hydroxyl groups is 3. The van der Waals surface area contributed by atoms with Crippen molar-refractivity contribution in [2.45, 2.75) is 68.1 Å². The zero-order valence-corrected chi connectivity index (χ0v) is 15.5. The van der Waals surface area contributed by atoms with Gasteiger partial charge in [-0.25, -0.2) is 4.18 Å². The Morgan fingerprint density at radius 3 is 2.41 bits per heavy atom. The molecule has 3 heterocycles. The smallest absolute Gasteiger partial charge is 0.394 e. The summed E-state index contributed by atoms with van der Waals surface area (Å²) in [7, 11) is -3.71. The molecule has 0 aliphatic carbocycles. The third-order valence-corrected chi connectivity index (χ3v) is 5.41. The Labute approximate surface area is 155 Å². The Morgan fingerprint density at radius 1 is 1.11 bits per heavy atom.